The lowest BCUT2D eigenvalue weighted by atomic mass is 9.99. The summed E-state index contributed by atoms with van der Waals surface area (Å²) >= 11 is 0. The zero-order valence-corrected chi connectivity index (χ0v) is 61.1. The molecule has 0 aromatic carbocycles. The molecule has 0 heterocycles. The van der Waals surface area contributed by atoms with Crippen molar-refractivity contribution < 1.29 is 80.2 Å². The SMILES string of the molecule is CCCCCCCCCC(=O)OC[C@H](COP(=O)(O)OC[C@H](O)COP(=O)(O)OC[C@@H](COC(=O)CCCCCCCCCCCCCC(C)C)OC(=O)CCCCCCCCCCCCCCCCC(C)CC)OC(=O)CCCCCCCCCCC(C)CC. The highest BCUT2D eigenvalue weighted by Gasteiger charge is 2.30. The van der Waals surface area contributed by atoms with Crippen LogP contribution in [-0.2, 0) is 65.4 Å². The molecule has 0 aliphatic rings. The third kappa shape index (κ3) is 63.9. The number of unbranched alkanes of at least 4 members (excludes halogenated alkanes) is 36. The minimum Gasteiger partial charge on any atom is -0.462 e. The van der Waals surface area contributed by atoms with Gasteiger partial charge in [-0.15, -0.1) is 0 Å². The molecule has 0 aromatic rings. The van der Waals surface area contributed by atoms with E-state index in [1.54, 1.807) is 0 Å². The van der Waals surface area contributed by atoms with Gasteiger partial charge < -0.3 is 33.8 Å². The van der Waals surface area contributed by atoms with E-state index < -0.39 is 97.5 Å². The summed E-state index contributed by atoms with van der Waals surface area (Å²) < 4.78 is 68.3. The Hall–Kier alpha value is -1.94. The largest absolute Gasteiger partial charge is 0.472 e. The number of phosphoric ester groups is 2. The van der Waals surface area contributed by atoms with Crippen molar-refractivity contribution >= 4 is 39.5 Å². The molecule has 91 heavy (non-hydrogen) atoms. The van der Waals surface area contributed by atoms with Crippen LogP contribution in [0.4, 0.5) is 0 Å². The highest BCUT2D eigenvalue weighted by molar-refractivity contribution is 7.47. The molecular formula is C72H140O17P2. The van der Waals surface area contributed by atoms with Crippen LogP contribution in [0.25, 0.3) is 0 Å². The Balaban J connectivity index is 5.21. The number of rotatable bonds is 70. The number of phosphoric acid groups is 2. The number of ether oxygens (including phenoxy) is 4. The molecule has 0 saturated heterocycles. The van der Waals surface area contributed by atoms with E-state index in [9.17, 15) is 43.2 Å². The van der Waals surface area contributed by atoms with Crippen LogP contribution in [0.3, 0.4) is 0 Å². The van der Waals surface area contributed by atoms with Crippen LogP contribution in [0, 0.1) is 17.8 Å². The van der Waals surface area contributed by atoms with Gasteiger partial charge in [-0.05, 0) is 43.4 Å². The summed E-state index contributed by atoms with van der Waals surface area (Å²) in [5.74, 6) is 0.258. The van der Waals surface area contributed by atoms with E-state index in [-0.39, 0.29) is 25.7 Å². The lowest BCUT2D eigenvalue weighted by molar-refractivity contribution is -0.161. The summed E-state index contributed by atoms with van der Waals surface area (Å²) in [7, 11) is -9.90. The minimum atomic E-state index is -4.95. The summed E-state index contributed by atoms with van der Waals surface area (Å²) in [5, 5.41) is 10.6. The van der Waals surface area contributed by atoms with Crippen LogP contribution in [0.5, 0.6) is 0 Å². The first kappa shape index (κ1) is 89.1. The molecule has 0 saturated carbocycles. The van der Waals surface area contributed by atoms with Crippen LogP contribution in [0.1, 0.15) is 363 Å². The molecular weight excluding hydrogens is 1200 g/mol. The Morgan fingerprint density at radius 2 is 0.560 bits per heavy atom. The van der Waals surface area contributed by atoms with E-state index in [0.717, 1.165) is 120 Å². The minimum absolute atomic E-state index is 0.104. The molecule has 0 rings (SSSR count). The second-order valence-electron chi connectivity index (χ2n) is 26.9. The van der Waals surface area contributed by atoms with Crippen LogP contribution in [-0.4, -0.2) is 96.7 Å². The molecule has 4 unspecified atom stereocenters. The number of aliphatic hydroxyl groups excluding tert-OH is 1. The van der Waals surface area contributed by atoms with Gasteiger partial charge in [-0.3, -0.25) is 37.3 Å². The predicted octanol–water partition coefficient (Wildman–Crippen LogP) is 20.6. The number of esters is 4. The van der Waals surface area contributed by atoms with Crippen LogP contribution < -0.4 is 0 Å². The van der Waals surface area contributed by atoms with Gasteiger partial charge in [0.15, 0.2) is 12.2 Å². The van der Waals surface area contributed by atoms with E-state index in [1.807, 2.05) is 0 Å². The third-order valence-corrected chi connectivity index (χ3v) is 19.3. The highest BCUT2D eigenvalue weighted by atomic mass is 31.2. The van der Waals surface area contributed by atoms with E-state index in [2.05, 4.69) is 48.5 Å². The van der Waals surface area contributed by atoms with Crippen molar-refractivity contribution in [1.82, 2.24) is 0 Å². The molecule has 17 nitrogen and oxygen atoms in total. The normalized spacial score (nSPS) is 14.8. The quantitative estimate of drug-likeness (QED) is 0.0222. The third-order valence-electron chi connectivity index (χ3n) is 17.4. The lowest BCUT2D eigenvalue weighted by Gasteiger charge is -2.21. The van der Waals surface area contributed by atoms with Crippen molar-refractivity contribution in [3.05, 3.63) is 0 Å². The van der Waals surface area contributed by atoms with Gasteiger partial charge in [0, 0.05) is 25.7 Å². The van der Waals surface area contributed by atoms with Gasteiger partial charge in [-0.1, -0.05) is 312 Å². The second kappa shape index (κ2) is 62.8. The maximum atomic E-state index is 13.0. The first-order valence-corrected chi connectivity index (χ1v) is 40.4. The van der Waals surface area contributed by atoms with E-state index in [1.165, 1.54) is 161 Å². The number of aliphatic hydroxyl groups is 1. The Kier molecular flexibility index (Phi) is 61.5. The Labute approximate surface area is 556 Å². The number of hydrogen-bond donors (Lipinski definition) is 3. The molecule has 3 N–H and O–H groups in total. The Bertz CT molecular complexity index is 1790. The fraction of sp³-hybridized carbons (Fsp3) is 0.944. The highest BCUT2D eigenvalue weighted by Crippen LogP contribution is 2.45. The zero-order valence-electron chi connectivity index (χ0n) is 59.3. The van der Waals surface area contributed by atoms with Crippen LogP contribution >= 0.6 is 15.6 Å². The van der Waals surface area contributed by atoms with Gasteiger partial charge in [-0.25, -0.2) is 9.13 Å². The predicted molar refractivity (Wildman–Crippen MR) is 368 cm³/mol. The van der Waals surface area contributed by atoms with Gasteiger partial charge in [0.25, 0.3) is 0 Å². The molecule has 0 spiro atoms. The van der Waals surface area contributed by atoms with E-state index in [4.69, 9.17) is 37.0 Å². The summed E-state index contributed by atoms with van der Waals surface area (Å²) in [6, 6.07) is 0. The molecule has 540 valence electrons. The molecule has 0 radical (unpaired) electrons. The summed E-state index contributed by atoms with van der Waals surface area (Å²) in [6.45, 7) is 11.9. The molecule has 0 amide bonds. The Morgan fingerprint density at radius 3 is 0.835 bits per heavy atom. The number of carbonyl (C=O) groups is 4. The standard InChI is InChI=1S/C72H140O17P2/c1-8-11-12-13-29-39-46-53-69(74)82-59-67(89-72(77)56-49-42-35-28-27-32-38-45-52-65(7)10-3)61-86-90(78,79)84-57-66(73)58-85-91(80,81)87-62-68(60-83-70(75)54-47-40-33-25-22-18-19-23-30-36-43-50-63(4)5)88-71(76)55-48-41-34-26-21-17-15-14-16-20-24-31-37-44-51-64(6)9-2/h63-68,73H,8-62H2,1-7H3,(H,78,79)(H,80,81)/t64?,65?,66-,67+,68+/m0/s1. The molecule has 0 aliphatic carbocycles. The maximum Gasteiger partial charge on any atom is 0.472 e. The van der Waals surface area contributed by atoms with Crippen molar-refractivity contribution in [3.63, 3.8) is 0 Å². The van der Waals surface area contributed by atoms with Crippen molar-refractivity contribution in [1.29, 1.82) is 0 Å². The number of carbonyl (C=O) groups excluding carboxylic acids is 4. The molecule has 7 atom stereocenters. The number of hydrogen-bond acceptors (Lipinski definition) is 15. The van der Waals surface area contributed by atoms with E-state index >= 15 is 0 Å². The molecule has 0 fully saturated rings. The smallest absolute Gasteiger partial charge is 0.462 e. The first-order valence-electron chi connectivity index (χ1n) is 37.4. The van der Waals surface area contributed by atoms with Crippen molar-refractivity contribution in [2.24, 2.45) is 17.8 Å². The van der Waals surface area contributed by atoms with Gasteiger partial charge >= 0.3 is 39.5 Å². The summed E-state index contributed by atoms with van der Waals surface area (Å²) in [4.78, 5) is 72.5. The lowest BCUT2D eigenvalue weighted by Crippen LogP contribution is -2.30. The van der Waals surface area contributed by atoms with Crippen LogP contribution in [0.2, 0.25) is 0 Å². The summed E-state index contributed by atoms with van der Waals surface area (Å²) in [6.07, 6.45) is 47.2. The summed E-state index contributed by atoms with van der Waals surface area (Å²) in [5.41, 5.74) is 0. The Morgan fingerprint density at radius 1 is 0.319 bits per heavy atom. The van der Waals surface area contributed by atoms with Gasteiger partial charge in [0.1, 0.15) is 19.3 Å². The van der Waals surface area contributed by atoms with Gasteiger partial charge in [-0.2, -0.15) is 0 Å². The zero-order chi connectivity index (χ0) is 67.3. The molecule has 19 heteroatoms. The topological polar surface area (TPSA) is 237 Å². The molecule has 0 aliphatic heterocycles. The maximum absolute atomic E-state index is 13.0. The molecule has 0 aromatic heterocycles. The monoisotopic (exact) mass is 1340 g/mol. The fourth-order valence-corrected chi connectivity index (χ4v) is 12.4. The van der Waals surface area contributed by atoms with Gasteiger partial charge in [0.05, 0.1) is 26.4 Å². The first-order chi connectivity index (χ1) is 43.8. The fourth-order valence-electron chi connectivity index (χ4n) is 10.8. The molecule has 0 bridgehead atoms. The van der Waals surface area contributed by atoms with Gasteiger partial charge in [0.2, 0.25) is 0 Å². The average Bonchev–Trinajstić information content (AvgIpc) is 3.71. The van der Waals surface area contributed by atoms with Crippen molar-refractivity contribution in [2.75, 3.05) is 39.6 Å². The van der Waals surface area contributed by atoms with Crippen molar-refractivity contribution in [2.45, 2.75) is 381 Å². The van der Waals surface area contributed by atoms with E-state index in [0.29, 0.717) is 25.7 Å². The van der Waals surface area contributed by atoms with Crippen molar-refractivity contribution in [3.8, 4) is 0 Å². The van der Waals surface area contributed by atoms with Crippen LogP contribution in [0.15, 0.2) is 0 Å². The second-order valence-corrected chi connectivity index (χ2v) is 29.8. The average molecular weight is 1340 g/mol.